The van der Waals surface area contributed by atoms with E-state index in [0.717, 1.165) is 0 Å². The highest BCUT2D eigenvalue weighted by atomic mass is 16.6. The molecule has 0 spiro atoms. The summed E-state index contributed by atoms with van der Waals surface area (Å²) in [7, 11) is 3.23. The quantitative estimate of drug-likeness (QED) is 0.0602. The Morgan fingerprint density at radius 3 is 0.803 bits per heavy atom. The fourth-order valence-electron chi connectivity index (χ4n) is 6.36. The molecule has 3 aromatic rings. The first-order valence-corrected chi connectivity index (χ1v) is 24.6. The molecule has 0 atom stereocenters. The van der Waals surface area contributed by atoms with Crippen LogP contribution in [0.25, 0.3) is 22.3 Å². The van der Waals surface area contributed by atoms with Crippen LogP contribution in [0.4, 0.5) is 0 Å². The minimum absolute atomic E-state index is 0.00612. The van der Waals surface area contributed by atoms with Crippen LogP contribution in [-0.4, -0.2) is 234 Å². The molecule has 0 aliphatic carbocycles. The average Bonchev–Trinajstić information content (AvgIpc) is 3.41. The molecule has 0 amide bonds. The predicted octanol–water partition coefficient (Wildman–Crippen LogP) is 3.74. The SMILES string of the molecule is COCCOCCOCCOCCOCCOCCOCCOc1cc(-c2cc(OC=O)cc(C(=O)O)c2)c(OCCOCCOCCOCCOCCOCCOCCOC)cc1-c1cc(OC=O)cc(C(=O)O)c1. The van der Waals surface area contributed by atoms with Gasteiger partial charge in [-0.15, -0.1) is 0 Å². The molecule has 24 nitrogen and oxygen atoms in total. The Morgan fingerprint density at radius 2 is 0.579 bits per heavy atom. The number of ether oxygens (including phenoxy) is 18. The van der Waals surface area contributed by atoms with E-state index in [1.807, 2.05) is 0 Å². The van der Waals surface area contributed by atoms with Gasteiger partial charge >= 0.3 is 11.9 Å². The summed E-state index contributed by atoms with van der Waals surface area (Å²) in [5, 5.41) is 19.9. The van der Waals surface area contributed by atoms with E-state index in [-0.39, 0.29) is 111 Å². The van der Waals surface area contributed by atoms with Crippen LogP contribution < -0.4 is 18.9 Å². The molecule has 0 aliphatic rings. The molecule has 426 valence electrons. The smallest absolute Gasteiger partial charge is 0.335 e. The van der Waals surface area contributed by atoms with E-state index in [2.05, 4.69) is 0 Å². The van der Waals surface area contributed by atoms with Crippen LogP contribution in [0.5, 0.6) is 23.0 Å². The molecule has 2 N–H and O–H groups in total. The second-order valence-corrected chi connectivity index (χ2v) is 15.4. The van der Waals surface area contributed by atoms with Crippen LogP contribution in [0, 0.1) is 0 Å². The summed E-state index contributed by atoms with van der Waals surface area (Å²) in [5.74, 6) is -2.33. The van der Waals surface area contributed by atoms with Gasteiger partial charge in [0.1, 0.15) is 36.2 Å². The lowest BCUT2D eigenvalue weighted by Gasteiger charge is -2.19. The van der Waals surface area contributed by atoms with E-state index in [9.17, 15) is 29.4 Å². The second kappa shape index (κ2) is 43.7. The minimum atomic E-state index is -1.29. The first-order chi connectivity index (χ1) is 37.3. The highest BCUT2D eigenvalue weighted by Gasteiger charge is 2.20. The number of carbonyl (C=O) groups excluding carboxylic acids is 2. The third-order valence-electron chi connectivity index (χ3n) is 9.93. The van der Waals surface area contributed by atoms with Crippen LogP contribution in [0.3, 0.4) is 0 Å². The van der Waals surface area contributed by atoms with Crippen molar-refractivity contribution in [3.05, 3.63) is 59.7 Å². The zero-order chi connectivity index (χ0) is 54.5. The van der Waals surface area contributed by atoms with Gasteiger partial charge in [0.25, 0.3) is 12.9 Å². The molecule has 0 bridgehead atoms. The minimum Gasteiger partial charge on any atom is -0.491 e. The van der Waals surface area contributed by atoms with E-state index < -0.39 is 11.9 Å². The molecule has 76 heavy (non-hydrogen) atoms. The van der Waals surface area contributed by atoms with Crippen LogP contribution in [0.15, 0.2) is 48.5 Å². The third-order valence-corrected chi connectivity index (χ3v) is 9.93. The Balaban J connectivity index is 1.57. The summed E-state index contributed by atoms with van der Waals surface area (Å²) in [6, 6.07) is 11.1. The molecule has 0 saturated heterocycles. The first-order valence-electron chi connectivity index (χ1n) is 24.6. The van der Waals surface area contributed by atoms with Crippen molar-refractivity contribution in [1.29, 1.82) is 0 Å². The lowest BCUT2D eigenvalue weighted by Crippen LogP contribution is -2.15. The zero-order valence-corrected chi connectivity index (χ0v) is 43.4. The topological polar surface area (TPSA) is 275 Å². The van der Waals surface area contributed by atoms with Gasteiger partial charge in [0, 0.05) is 25.3 Å². The van der Waals surface area contributed by atoms with Gasteiger partial charge in [-0.25, -0.2) is 9.59 Å². The van der Waals surface area contributed by atoms with Crippen molar-refractivity contribution >= 4 is 24.9 Å². The van der Waals surface area contributed by atoms with Crippen LogP contribution in [-0.2, 0) is 75.9 Å². The predicted molar refractivity (Wildman–Crippen MR) is 269 cm³/mol. The largest absolute Gasteiger partial charge is 0.491 e. The Labute approximate surface area is 442 Å². The lowest BCUT2D eigenvalue weighted by molar-refractivity contribution is -0.121. The van der Waals surface area contributed by atoms with Crippen molar-refractivity contribution in [1.82, 2.24) is 0 Å². The highest BCUT2D eigenvalue weighted by molar-refractivity contribution is 5.93. The van der Waals surface area contributed by atoms with Crippen molar-refractivity contribution in [2.45, 2.75) is 0 Å². The van der Waals surface area contributed by atoms with Gasteiger partial charge in [-0.05, 0) is 59.7 Å². The maximum Gasteiger partial charge on any atom is 0.335 e. The normalized spacial score (nSPS) is 11.2. The van der Waals surface area contributed by atoms with Gasteiger partial charge in [-0.2, -0.15) is 0 Å². The van der Waals surface area contributed by atoms with Crippen molar-refractivity contribution in [3.63, 3.8) is 0 Å². The Kier molecular flexibility index (Phi) is 37.3. The van der Waals surface area contributed by atoms with Crippen LogP contribution in [0.1, 0.15) is 20.7 Å². The van der Waals surface area contributed by atoms with Gasteiger partial charge in [-0.1, -0.05) is 0 Å². The molecule has 3 aromatic carbocycles. The van der Waals surface area contributed by atoms with E-state index in [1.54, 1.807) is 26.4 Å². The summed E-state index contributed by atoms with van der Waals surface area (Å²) < 4.78 is 98.8. The molecule has 24 heteroatoms. The molecule has 0 heterocycles. The van der Waals surface area contributed by atoms with Crippen molar-refractivity contribution in [3.8, 4) is 45.3 Å². The van der Waals surface area contributed by atoms with Crippen LogP contribution >= 0.6 is 0 Å². The Bertz CT molecular complexity index is 1880. The summed E-state index contributed by atoms with van der Waals surface area (Å²) in [4.78, 5) is 47.2. The zero-order valence-electron chi connectivity index (χ0n) is 43.4. The Hall–Kier alpha value is -5.42. The molecule has 0 aliphatic heterocycles. The average molecular weight is 1080 g/mol. The van der Waals surface area contributed by atoms with E-state index >= 15 is 0 Å². The maximum atomic E-state index is 12.2. The molecule has 0 saturated carbocycles. The van der Waals surface area contributed by atoms with Gasteiger partial charge in [-0.3, -0.25) is 9.59 Å². The molecule has 0 fully saturated rings. The lowest BCUT2D eigenvalue weighted by atomic mass is 9.95. The summed E-state index contributed by atoms with van der Waals surface area (Å²) in [5.41, 5.74) is 0.774. The molecule has 0 unspecified atom stereocenters. The number of aromatic carboxylic acids is 2. The fraction of sp³-hybridized carbons (Fsp3) is 0.577. The molecule has 0 radical (unpaired) electrons. The highest BCUT2D eigenvalue weighted by Crippen LogP contribution is 2.43. The van der Waals surface area contributed by atoms with Crippen molar-refractivity contribution in [2.24, 2.45) is 0 Å². The van der Waals surface area contributed by atoms with Crippen LogP contribution in [0.2, 0.25) is 0 Å². The maximum absolute atomic E-state index is 12.2. The monoisotopic (exact) mass is 1080 g/mol. The van der Waals surface area contributed by atoms with E-state index in [0.29, 0.717) is 143 Å². The van der Waals surface area contributed by atoms with Gasteiger partial charge in [0.05, 0.1) is 183 Å². The number of carboxylic acids is 2. The summed E-state index contributed by atoms with van der Waals surface area (Å²) in [6.45, 7) is 10.4. The molecular weight excluding hydrogens is 1010 g/mol. The van der Waals surface area contributed by atoms with Crippen molar-refractivity contribution < 1.29 is 115 Å². The van der Waals surface area contributed by atoms with E-state index in [4.69, 9.17) is 85.3 Å². The molecule has 0 aromatic heterocycles. The first kappa shape index (κ1) is 64.9. The summed E-state index contributed by atoms with van der Waals surface area (Å²) >= 11 is 0. The van der Waals surface area contributed by atoms with Crippen molar-refractivity contribution in [2.75, 3.05) is 199 Å². The molecule has 3 rings (SSSR count). The fourth-order valence-corrected chi connectivity index (χ4v) is 6.36. The van der Waals surface area contributed by atoms with Gasteiger partial charge in [0.2, 0.25) is 0 Å². The van der Waals surface area contributed by atoms with E-state index in [1.165, 1.54) is 36.4 Å². The number of hydrogen-bond donors (Lipinski definition) is 2. The third kappa shape index (κ3) is 29.8. The number of benzene rings is 3. The number of carboxylic acid groups (broad SMARTS) is 2. The molecular formula is C52H74O24. The Morgan fingerprint density at radius 1 is 0.342 bits per heavy atom. The number of carbonyl (C=O) groups is 4. The van der Waals surface area contributed by atoms with Gasteiger partial charge in [0.15, 0.2) is 0 Å². The standard InChI is InChI=1S/C52H74O24/c1-59-3-5-61-7-9-63-11-13-65-15-17-67-19-21-69-23-25-71-27-29-73-49-37-48(42-32-44(52(57)58)36-46(34-42)76-40-54)50(38-47(49)41-31-43(51(55)56)35-45(33-41)75-39-53)74-30-28-72-26-24-70-22-20-68-18-16-66-14-12-64-10-8-62-6-4-60-2/h31-40H,3-30H2,1-2H3,(H,55,56)(H,57,58). The summed E-state index contributed by atoms with van der Waals surface area (Å²) in [6.07, 6.45) is 0. The number of rotatable bonds is 52. The second-order valence-electron chi connectivity index (χ2n) is 15.4. The van der Waals surface area contributed by atoms with Gasteiger partial charge < -0.3 is 95.5 Å². The number of hydrogen-bond acceptors (Lipinski definition) is 22. The number of methoxy groups -OCH3 is 2.